The van der Waals surface area contributed by atoms with Crippen LogP contribution < -0.4 is 10.1 Å². The molecular formula is C28H28FNO5. The summed E-state index contributed by atoms with van der Waals surface area (Å²) in [5.41, 5.74) is 5.13. The topological polar surface area (TPSA) is 84.9 Å². The van der Waals surface area contributed by atoms with E-state index in [0.29, 0.717) is 23.4 Å². The predicted molar refractivity (Wildman–Crippen MR) is 130 cm³/mol. The van der Waals surface area contributed by atoms with Gasteiger partial charge in [-0.1, -0.05) is 12.1 Å². The van der Waals surface area contributed by atoms with Gasteiger partial charge >= 0.3 is 5.97 Å². The number of rotatable bonds is 8. The van der Waals surface area contributed by atoms with Gasteiger partial charge in [0, 0.05) is 23.2 Å². The summed E-state index contributed by atoms with van der Waals surface area (Å²) in [6.07, 6.45) is 2.65. The number of hydrogen-bond acceptors (Lipinski definition) is 5. The first kappa shape index (κ1) is 24.3. The van der Waals surface area contributed by atoms with Crippen LogP contribution in [0.15, 0.2) is 48.5 Å². The Hall–Kier alpha value is -3.87. The van der Waals surface area contributed by atoms with Crippen LogP contribution in [-0.4, -0.2) is 23.6 Å². The van der Waals surface area contributed by atoms with E-state index in [1.807, 2.05) is 13.0 Å². The van der Waals surface area contributed by atoms with Crippen molar-refractivity contribution < 1.29 is 28.6 Å². The van der Waals surface area contributed by atoms with Gasteiger partial charge in [-0.2, -0.15) is 0 Å². The molecule has 7 heteroatoms. The van der Waals surface area contributed by atoms with Gasteiger partial charge in [-0.05, 0) is 86.2 Å². The lowest BCUT2D eigenvalue weighted by Crippen LogP contribution is -2.19. The maximum absolute atomic E-state index is 13.2. The maximum atomic E-state index is 13.2. The number of halogens is 1. The van der Waals surface area contributed by atoms with Gasteiger partial charge < -0.3 is 19.9 Å². The van der Waals surface area contributed by atoms with E-state index in [-0.39, 0.29) is 24.6 Å². The Morgan fingerprint density at radius 2 is 1.80 bits per heavy atom. The third-order valence-corrected chi connectivity index (χ3v) is 6.00. The summed E-state index contributed by atoms with van der Waals surface area (Å²) in [7, 11) is 0. The van der Waals surface area contributed by atoms with Crippen LogP contribution in [0, 0.1) is 12.7 Å². The number of phenols is 1. The highest BCUT2D eigenvalue weighted by Crippen LogP contribution is 2.41. The minimum atomic E-state index is -0.554. The lowest BCUT2D eigenvalue weighted by Gasteiger charge is -2.18. The van der Waals surface area contributed by atoms with Crippen LogP contribution in [0.2, 0.25) is 0 Å². The van der Waals surface area contributed by atoms with Gasteiger partial charge in [0.05, 0.1) is 6.61 Å². The third kappa shape index (κ3) is 5.80. The molecule has 2 N–H and O–H groups in total. The lowest BCUT2D eigenvalue weighted by molar-refractivity contribution is -0.145. The van der Waals surface area contributed by atoms with E-state index in [9.17, 15) is 19.1 Å². The number of aryl methyl sites for hydroxylation is 1. The number of carbonyl (C=O) groups excluding carboxylic acids is 2. The molecular weight excluding hydrogens is 449 g/mol. The molecule has 4 rings (SSSR count). The Labute approximate surface area is 203 Å². The van der Waals surface area contributed by atoms with Crippen LogP contribution in [-0.2, 0) is 33.6 Å². The van der Waals surface area contributed by atoms with E-state index >= 15 is 0 Å². The molecule has 0 radical (unpaired) electrons. The van der Waals surface area contributed by atoms with E-state index < -0.39 is 11.9 Å². The van der Waals surface area contributed by atoms with Gasteiger partial charge in [0.2, 0.25) is 5.91 Å². The van der Waals surface area contributed by atoms with Gasteiger partial charge in [0.15, 0.2) is 0 Å². The molecule has 35 heavy (non-hydrogen) atoms. The number of ether oxygens (including phenoxy) is 2. The number of benzene rings is 3. The summed E-state index contributed by atoms with van der Waals surface area (Å²) >= 11 is 0. The van der Waals surface area contributed by atoms with E-state index in [4.69, 9.17) is 9.47 Å². The zero-order valence-electron chi connectivity index (χ0n) is 19.8. The fourth-order valence-electron chi connectivity index (χ4n) is 4.40. The fraction of sp³-hybridized carbons (Fsp3) is 0.286. The van der Waals surface area contributed by atoms with Crippen LogP contribution in [0.3, 0.4) is 0 Å². The molecule has 0 aromatic heterocycles. The summed E-state index contributed by atoms with van der Waals surface area (Å²) < 4.78 is 24.4. The third-order valence-electron chi connectivity index (χ3n) is 6.00. The number of carbonyl (C=O) groups is 2. The molecule has 3 aromatic carbocycles. The van der Waals surface area contributed by atoms with Crippen LogP contribution in [0.1, 0.15) is 47.6 Å². The number of amides is 1. The first-order valence-electron chi connectivity index (χ1n) is 11.7. The quantitative estimate of drug-likeness (QED) is 0.326. The van der Waals surface area contributed by atoms with E-state index in [0.717, 1.165) is 47.3 Å². The van der Waals surface area contributed by atoms with Crippen molar-refractivity contribution in [2.75, 3.05) is 11.9 Å². The zero-order valence-corrected chi connectivity index (χ0v) is 19.8. The number of phenolic OH excluding ortho intramolecular Hbond substituents is 1. The van der Waals surface area contributed by atoms with Crippen LogP contribution in [0.5, 0.6) is 17.2 Å². The monoisotopic (exact) mass is 477 g/mol. The molecule has 0 aliphatic heterocycles. The first-order chi connectivity index (χ1) is 16.8. The molecule has 0 unspecified atom stereocenters. The van der Waals surface area contributed by atoms with Crippen molar-refractivity contribution in [1.82, 2.24) is 0 Å². The van der Waals surface area contributed by atoms with Crippen molar-refractivity contribution in [1.29, 1.82) is 0 Å². The van der Waals surface area contributed by atoms with E-state index in [2.05, 4.69) is 5.32 Å². The Bertz CT molecular complexity index is 1250. The summed E-state index contributed by atoms with van der Waals surface area (Å²) in [5.74, 6) is 0.190. The highest BCUT2D eigenvalue weighted by Gasteiger charge is 2.24. The van der Waals surface area contributed by atoms with Crippen molar-refractivity contribution >= 4 is 17.6 Å². The SMILES string of the molecule is CCOC(=O)CC(=O)Nc1cc(C)c(Oc2ccc(O)c(Cc3ccc(F)cc3)c2)c2c1CCC2. The number of aromatic hydroxyl groups is 1. The van der Waals surface area contributed by atoms with Gasteiger partial charge in [-0.25, -0.2) is 4.39 Å². The first-order valence-corrected chi connectivity index (χ1v) is 11.7. The van der Waals surface area contributed by atoms with Gasteiger partial charge in [-0.15, -0.1) is 0 Å². The molecule has 0 fully saturated rings. The number of anilines is 1. The number of fused-ring (bicyclic) bond motifs is 1. The van der Waals surface area contributed by atoms with Gasteiger partial charge in [-0.3, -0.25) is 9.59 Å². The second-order valence-electron chi connectivity index (χ2n) is 8.61. The van der Waals surface area contributed by atoms with E-state index in [1.165, 1.54) is 12.1 Å². The highest BCUT2D eigenvalue weighted by atomic mass is 19.1. The molecule has 3 aromatic rings. The lowest BCUT2D eigenvalue weighted by atomic mass is 10.0. The van der Waals surface area contributed by atoms with Crippen molar-refractivity contribution in [3.8, 4) is 17.2 Å². The molecule has 1 aliphatic rings. The molecule has 0 saturated heterocycles. The van der Waals surface area contributed by atoms with Gasteiger partial charge in [0.1, 0.15) is 29.5 Å². The zero-order chi connectivity index (χ0) is 24.9. The van der Waals surface area contributed by atoms with Crippen molar-refractivity contribution in [3.05, 3.63) is 82.2 Å². The average Bonchev–Trinajstić information content (AvgIpc) is 3.30. The molecule has 0 bridgehead atoms. The fourth-order valence-corrected chi connectivity index (χ4v) is 4.40. The Morgan fingerprint density at radius 3 is 2.54 bits per heavy atom. The molecule has 0 heterocycles. The van der Waals surface area contributed by atoms with Crippen molar-refractivity contribution in [3.63, 3.8) is 0 Å². The molecule has 182 valence electrons. The Kier molecular flexibility index (Phi) is 7.34. The smallest absolute Gasteiger partial charge is 0.315 e. The summed E-state index contributed by atoms with van der Waals surface area (Å²) in [6, 6.07) is 13.1. The minimum absolute atomic E-state index is 0.142. The van der Waals surface area contributed by atoms with Crippen LogP contribution >= 0.6 is 0 Å². The summed E-state index contributed by atoms with van der Waals surface area (Å²) in [4.78, 5) is 24.0. The Balaban J connectivity index is 1.56. The molecule has 0 saturated carbocycles. The number of esters is 1. The predicted octanol–water partition coefficient (Wildman–Crippen LogP) is 5.60. The standard InChI is InChI=1S/C28H28FNO5/c1-3-34-27(33)16-26(32)30-24-13-17(2)28(23-6-4-5-22(23)24)35-21-11-12-25(31)19(15-21)14-18-7-9-20(29)10-8-18/h7-13,15,31H,3-6,14,16H2,1-2H3,(H,30,32). The molecule has 1 aliphatic carbocycles. The molecule has 6 nitrogen and oxygen atoms in total. The largest absolute Gasteiger partial charge is 0.508 e. The maximum Gasteiger partial charge on any atom is 0.315 e. The van der Waals surface area contributed by atoms with Crippen LogP contribution in [0.4, 0.5) is 10.1 Å². The Morgan fingerprint density at radius 1 is 1.06 bits per heavy atom. The normalized spacial score (nSPS) is 12.2. The van der Waals surface area contributed by atoms with E-state index in [1.54, 1.807) is 37.3 Å². The average molecular weight is 478 g/mol. The molecule has 0 atom stereocenters. The number of nitrogens with one attached hydrogen (secondary N) is 1. The second kappa shape index (κ2) is 10.6. The minimum Gasteiger partial charge on any atom is -0.508 e. The summed E-state index contributed by atoms with van der Waals surface area (Å²) in [5, 5.41) is 13.2. The highest BCUT2D eigenvalue weighted by molar-refractivity contribution is 6.02. The van der Waals surface area contributed by atoms with Crippen molar-refractivity contribution in [2.24, 2.45) is 0 Å². The second-order valence-corrected chi connectivity index (χ2v) is 8.61. The van der Waals surface area contributed by atoms with Gasteiger partial charge in [0.25, 0.3) is 0 Å². The van der Waals surface area contributed by atoms with Crippen molar-refractivity contribution in [2.45, 2.75) is 46.0 Å². The summed E-state index contributed by atoms with van der Waals surface area (Å²) in [6.45, 7) is 3.84. The van der Waals surface area contributed by atoms with Crippen LogP contribution in [0.25, 0.3) is 0 Å². The molecule has 1 amide bonds. The molecule has 0 spiro atoms. The number of hydrogen-bond donors (Lipinski definition) is 2.